The summed E-state index contributed by atoms with van der Waals surface area (Å²) in [5.74, 6) is -0.124. The number of hydrogen-bond donors (Lipinski definition) is 1. The molecule has 0 radical (unpaired) electrons. The number of hydrogen-bond acceptors (Lipinski definition) is 3. The van der Waals surface area contributed by atoms with Gasteiger partial charge >= 0.3 is 0 Å². The van der Waals surface area contributed by atoms with Gasteiger partial charge in [0.1, 0.15) is 0 Å². The van der Waals surface area contributed by atoms with E-state index in [0.29, 0.717) is 16.3 Å². The van der Waals surface area contributed by atoms with Crippen LogP contribution in [0.15, 0.2) is 30.3 Å². The third kappa shape index (κ3) is 2.81. The lowest BCUT2D eigenvalue weighted by Gasteiger charge is -2.24. The molecule has 1 amide bonds. The smallest absolute Gasteiger partial charge is 0.255 e. The summed E-state index contributed by atoms with van der Waals surface area (Å²) in [5, 5.41) is 0.318. The van der Waals surface area contributed by atoms with Crippen molar-refractivity contribution in [1.82, 2.24) is 4.90 Å². The second-order valence-electron chi connectivity index (χ2n) is 4.75. The Kier molecular flexibility index (Phi) is 4.35. The van der Waals surface area contributed by atoms with Crippen LogP contribution < -0.4 is 5.73 Å². The largest absolute Gasteiger partial charge is 0.398 e. The maximum atomic E-state index is 12.5. The minimum absolute atomic E-state index is 0.00121. The number of amides is 1. The molecule has 0 fully saturated rings. The quantitative estimate of drug-likeness (QED) is 0.867. The van der Waals surface area contributed by atoms with Gasteiger partial charge in [0.05, 0.1) is 22.3 Å². The first-order chi connectivity index (χ1) is 9.41. The van der Waals surface area contributed by atoms with Crippen LogP contribution in [0.25, 0.3) is 0 Å². The number of anilines is 1. The number of rotatable bonds is 3. The third-order valence-corrected chi connectivity index (χ3v) is 4.93. The van der Waals surface area contributed by atoms with Gasteiger partial charge in [-0.05, 0) is 38.1 Å². The lowest BCUT2D eigenvalue weighted by atomic mass is 10.1. The van der Waals surface area contributed by atoms with Gasteiger partial charge in [0, 0.05) is 16.8 Å². The van der Waals surface area contributed by atoms with E-state index in [-0.39, 0.29) is 11.9 Å². The summed E-state index contributed by atoms with van der Waals surface area (Å²) in [4.78, 5) is 16.6. The summed E-state index contributed by atoms with van der Waals surface area (Å²) in [7, 11) is 1.78. The number of carbonyl (C=O) groups excluding carboxylic acids is 1. The Morgan fingerprint density at radius 3 is 2.65 bits per heavy atom. The summed E-state index contributed by atoms with van der Waals surface area (Å²) >= 11 is 7.81. The van der Waals surface area contributed by atoms with E-state index in [1.165, 1.54) is 4.88 Å². The third-order valence-electron chi connectivity index (χ3n) is 3.33. The molecule has 1 atom stereocenters. The Bertz CT molecular complexity index is 639. The number of aryl methyl sites for hydroxylation is 1. The second-order valence-corrected chi connectivity index (χ2v) is 6.45. The predicted molar refractivity (Wildman–Crippen MR) is 85.4 cm³/mol. The van der Waals surface area contributed by atoms with Crippen molar-refractivity contribution < 1.29 is 4.79 Å². The molecule has 1 aromatic carbocycles. The van der Waals surface area contributed by atoms with Crippen molar-refractivity contribution in [3.05, 3.63) is 50.7 Å². The maximum absolute atomic E-state index is 12.5. The highest BCUT2D eigenvalue weighted by Crippen LogP contribution is 2.30. The van der Waals surface area contributed by atoms with Crippen LogP contribution in [0, 0.1) is 6.92 Å². The molecule has 0 spiro atoms. The fourth-order valence-electron chi connectivity index (χ4n) is 1.95. The highest BCUT2D eigenvalue weighted by Gasteiger charge is 2.22. The van der Waals surface area contributed by atoms with E-state index in [4.69, 9.17) is 17.3 Å². The summed E-state index contributed by atoms with van der Waals surface area (Å²) in [6.07, 6.45) is 0. The minimum atomic E-state index is -0.124. The van der Waals surface area contributed by atoms with Crippen molar-refractivity contribution in [3.8, 4) is 0 Å². The average molecular weight is 309 g/mol. The number of carbonyl (C=O) groups is 1. The van der Waals surface area contributed by atoms with E-state index in [1.54, 1.807) is 41.5 Å². The first kappa shape index (κ1) is 14.9. The number of nitrogens with two attached hydrogens (primary N) is 1. The van der Waals surface area contributed by atoms with Crippen LogP contribution in [0.2, 0.25) is 5.02 Å². The zero-order valence-electron chi connectivity index (χ0n) is 11.7. The summed E-state index contributed by atoms with van der Waals surface area (Å²) in [5.41, 5.74) is 6.61. The van der Waals surface area contributed by atoms with Gasteiger partial charge in [0.15, 0.2) is 0 Å². The molecular weight excluding hydrogens is 292 g/mol. The first-order valence-corrected chi connectivity index (χ1v) is 7.48. The number of halogens is 1. The average Bonchev–Trinajstić information content (AvgIpc) is 2.86. The second kappa shape index (κ2) is 5.85. The summed E-state index contributed by atoms with van der Waals surface area (Å²) in [6.45, 7) is 4.06. The zero-order chi connectivity index (χ0) is 14.9. The Morgan fingerprint density at radius 2 is 2.05 bits per heavy atom. The van der Waals surface area contributed by atoms with E-state index in [2.05, 4.69) is 19.1 Å². The highest BCUT2D eigenvalue weighted by atomic mass is 35.5. The molecule has 2 aromatic rings. The van der Waals surface area contributed by atoms with Crippen LogP contribution in [0.5, 0.6) is 0 Å². The molecule has 3 nitrogen and oxygen atoms in total. The molecule has 106 valence electrons. The fraction of sp³-hybridized carbons (Fsp3) is 0.267. The first-order valence-electron chi connectivity index (χ1n) is 6.29. The number of nitrogen functional groups attached to an aromatic ring is 1. The van der Waals surface area contributed by atoms with Crippen LogP contribution in [-0.2, 0) is 0 Å². The molecule has 1 heterocycles. The molecule has 0 aliphatic heterocycles. The van der Waals surface area contributed by atoms with Gasteiger partial charge in [-0.1, -0.05) is 17.7 Å². The van der Waals surface area contributed by atoms with Gasteiger partial charge in [-0.15, -0.1) is 11.3 Å². The molecule has 0 aliphatic carbocycles. The van der Waals surface area contributed by atoms with Gasteiger partial charge in [-0.2, -0.15) is 0 Å². The minimum Gasteiger partial charge on any atom is -0.398 e. The molecule has 0 bridgehead atoms. The van der Waals surface area contributed by atoms with Crippen molar-refractivity contribution >= 4 is 34.5 Å². The Balaban J connectivity index is 2.26. The van der Waals surface area contributed by atoms with Gasteiger partial charge < -0.3 is 10.6 Å². The van der Waals surface area contributed by atoms with Crippen molar-refractivity contribution in [1.29, 1.82) is 0 Å². The Morgan fingerprint density at radius 1 is 1.35 bits per heavy atom. The van der Waals surface area contributed by atoms with Gasteiger partial charge in [-0.25, -0.2) is 0 Å². The number of nitrogens with zero attached hydrogens (tertiary/aromatic N) is 1. The summed E-state index contributed by atoms with van der Waals surface area (Å²) in [6, 6.07) is 9.23. The maximum Gasteiger partial charge on any atom is 0.255 e. The highest BCUT2D eigenvalue weighted by molar-refractivity contribution is 7.12. The fourth-order valence-corrected chi connectivity index (χ4v) is 3.13. The normalized spacial score (nSPS) is 12.2. The van der Waals surface area contributed by atoms with Crippen molar-refractivity contribution in [2.75, 3.05) is 12.8 Å². The van der Waals surface area contributed by atoms with Crippen molar-refractivity contribution in [3.63, 3.8) is 0 Å². The van der Waals surface area contributed by atoms with Crippen LogP contribution in [0.1, 0.15) is 33.1 Å². The van der Waals surface area contributed by atoms with Crippen LogP contribution in [0.3, 0.4) is 0 Å². The number of thiophene rings is 1. The van der Waals surface area contributed by atoms with Gasteiger partial charge in [0.2, 0.25) is 0 Å². The molecule has 1 aromatic heterocycles. The topological polar surface area (TPSA) is 46.3 Å². The van der Waals surface area contributed by atoms with Gasteiger partial charge in [0.25, 0.3) is 5.91 Å². The lowest BCUT2D eigenvalue weighted by molar-refractivity contribution is 0.0745. The molecule has 2 N–H and O–H groups in total. The molecule has 0 saturated carbocycles. The van der Waals surface area contributed by atoms with Crippen LogP contribution >= 0.6 is 22.9 Å². The summed E-state index contributed by atoms with van der Waals surface area (Å²) < 4.78 is 0. The molecular formula is C15H17ClN2OS. The van der Waals surface area contributed by atoms with E-state index in [0.717, 1.165) is 4.88 Å². The predicted octanol–water partition coefficient (Wildman–Crippen LogP) is 4.13. The number of benzene rings is 1. The van der Waals surface area contributed by atoms with E-state index in [1.807, 2.05) is 6.92 Å². The van der Waals surface area contributed by atoms with Gasteiger partial charge in [-0.3, -0.25) is 4.79 Å². The van der Waals surface area contributed by atoms with E-state index < -0.39 is 0 Å². The van der Waals surface area contributed by atoms with E-state index in [9.17, 15) is 4.79 Å². The molecule has 1 unspecified atom stereocenters. The zero-order valence-corrected chi connectivity index (χ0v) is 13.3. The van der Waals surface area contributed by atoms with E-state index >= 15 is 0 Å². The Labute approximate surface area is 128 Å². The standard InChI is InChI=1S/C15H17ClN2OS/c1-9-7-8-13(20-9)10(2)18(3)15(19)11-5-4-6-12(17)14(11)16/h4-8,10H,17H2,1-3H3. The molecule has 0 saturated heterocycles. The monoisotopic (exact) mass is 308 g/mol. The van der Waals surface area contributed by atoms with Crippen molar-refractivity contribution in [2.24, 2.45) is 0 Å². The van der Waals surface area contributed by atoms with Crippen LogP contribution in [-0.4, -0.2) is 17.9 Å². The van der Waals surface area contributed by atoms with Crippen molar-refractivity contribution in [2.45, 2.75) is 19.9 Å². The SMILES string of the molecule is Cc1ccc(C(C)N(C)C(=O)c2cccc(N)c2Cl)s1. The lowest BCUT2D eigenvalue weighted by Crippen LogP contribution is -2.29. The molecule has 2 rings (SSSR count). The Hall–Kier alpha value is -1.52. The molecule has 5 heteroatoms. The molecule has 20 heavy (non-hydrogen) atoms. The molecule has 0 aliphatic rings. The van der Waals surface area contributed by atoms with Crippen LogP contribution in [0.4, 0.5) is 5.69 Å².